The van der Waals surface area contributed by atoms with Gasteiger partial charge in [-0.15, -0.1) is 0 Å². The van der Waals surface area contributed by atoms with Crippen molar-refractivity contribution < 1.29 is 19.0 Å². The van der Waals surface area contributed by atoms with E-state index < -0.39 is 0 Å². The van der Waals surface area contributed by atoms with Gasteiger partial charge in [-0.2, -0.15) is 0 Å². The molecular formula is C15H20N2O4. The Morgan fingerprint density at radius 1 is 1.24 bits per heavy atom. The Labute approximate surface area is 124 Å². The highest BCUT2D eigenvalue weighted by atomic mass is 16.6. The third-order valence-electron chi connectivity index (χ3n) is 3.57. The van der Waals surface area contributed by atoms with Gasteiger partial charge in [0, 0.05) is 13.1 Å². The molecule has 1 aromatic carbocycles. The fraction of sp³-hybridized carbons (Fsp3) is 0.533. The van der Waals surface area contributed by atoms with Crippen LogP contribution in [0.1, 0.15) is 0 Å². The number of ether oxygens (including phenoxy) is 3. The van der Waals surface area contributed by atoms with Crippen molar-refractivity contribution >= 4 is 5.91 Å². The summed E-state index contributed by atoms with van der Waals surface area (Å²) in [5.74, 6) is 1.50. The van der Waals surface area contributed by atoms with Crippen LogP contribution in [0.4, 0.5) is 0 Å². The number of hydrogen-bond donors (Lipinski definition) is 1. The van der Waals surface area contributed by atoms with Gasteiger partial charge in [-0.3, -0.25) is 9.69 Å². The molecule has 1 N–H and O–H groups in total. The molecule has 0 unspecified atom stereocenters. The molecule has 6 heteroatoms. The van der Waals surface area contributed by atoms with Crippen molar-refractivity contribution in [3.05, 3.63) is 24.3 Å². The highest BCUT2D eigenvalue weighted by Crippen LogP contribution is 2.30. The third kappa shape index (κ3) is 3.86. The number of carbonyl (C=O) groups is 1. The number of morpholine rings is 1. The summed E-state index contributed by atoms with van der Waals surface area (Å²) in [6, 6.07) is 7.56. The summed E-state index contributed by atoms with van der Waals surface area (Å²) in [7, 11) is 0. The molecule has 21 heavy (non-hydrogen) atoms. The first kappa shape index (κ1) is 14.2. The highest BCUT2D eigenvalue weighted by Gasteiger charge is 2.21. The van der Waals surface area contributed by atoms with Gasteiger partial charge in [0.1, 0.15) is 12.7 Å². The topological polar surface area (TPSA) is 60.0 Å². The zero-order valence-corrected chi connectivity index (χ0v) is 11.9. The first-order valence-electron chi connectivity index (χ1n) is 7.26. The van der Waals surface area contributed by atoms with Gasteiger partial charge >= 0.3 is 0 Å². The van der Waals surface area contributed by atoms with Crippen molar-refractivity contribution in [2.45, 2.75) is 6.10 Å². The Balaban J connectivity index is 1.42. The van der Waals surface area contributed by atoms with Crippen molar-refractivity contribution in [2.75, 3.05) is 46.0 Å². The van der Waals surface area contributed by atoms with Crippen LogP contribution in [0.2, 0.25) is 0 Å². The monoisotopic (exact) mass is 292 g/mol. The molecule has 0 radical (unpaired) electrons. The largest absolute Gasteiger partial charge is 0.486 e. The Bertz CT molecular complexity index is 488. The van der Waals surface area contributed by atoms with Gasteiger partial charge in [0.15, 0.2) is 11.5 Å². The second-order valence-electron chi connectivity index (χ2n) is 5.19. The molecule has 2 aliphatic rings. The summed E-state index contributed by atoms with van der Waals surface area (Å²) in [5.41, 5.74) is 0. The van der Waals surface area contributed by atoms with E-state index in [0.717, 1.165) is 24.6 Å². The minimum absolute atomic E-state index is 0.0133. The molecule has 0 saturated carbocycles. The lowest BCUT2D eigenvalue weighted by molar-refractivity contribution is -0.123. The van der Waals surface area contributed by atoms with Crippen molar-refractivity contribution in [3.63, 3.8) is 0 Å². The molecule has 114 valence electrons. The number of benzene rings is 1. The molecule has 6 nitrogen and oxygen atoms in total. The molecule has 0 aliphatic carbocycles. The Hall–Kier alpha value is -1.79. The SMILES string of the molecule is O=C(CN1CCOCC1)NC[C@@H]1COc2ccccc2O1. The van der Waals surface area contributed by atoms with Crippen LogP contribution in [-0.4, -0.2) is 62.9 Å². The number of fused-ring (bicyclic) bond motifs is 1. The molecule has 0 bridgehead atoms. The Morgan fingerprint density at radius 3 is 2.81 bits per heavy atom. The van der Waals surface area contributed by atoms with E-state index in [1.165, 1.54) is 0 Å². The summed E-state index contributed by atoms with van der Waals surface area (Å²) in [4.78, 5) is 14.0. The first-order valence-corrected chi connectivity index (χ1v) is 7.26. The number of nitrogens with one attached hydrogen (secondary N) is 1. The average molecular weight is 292 g/mol. The maximum absolute atomic E-state index is 11.9. The van der Waals surface area contributed by atoms with Crippen LogP contribution in [0, 0.1) is 0 Å². The predicted octanol–water partition coefficient (Wildman–Crippen LogP) is 0.275. The van der Waals surface area contributed by atoms with Crippen LogP contribution in [0.3, 0.4) is 0 Å². The lowest BCUT2D eigenvalue weighted by atomic mass is 10.2. The van der Waals surface area contributed by atoms with Crippen LogP contribution in [0.25, 0.3) is 0 Å². The number of para-hydroxylation sites is 2. The molecular weight excluding hydrogens is 272 g/mol. The quantitative estimate of drug-likeness (QED) is 0.863. The Morgan fingerprint density at radius 2 is 2.00 bits per heavy atom. The van der Waals surface area contributed by atoms with Crippen LogP contribution < -0.4 is 14.8 Å². The fourth-order valence-electron chi connectivity index (χ4n) is 2.41. The molecule has 2 heterocycles. The van der Waals surface area contributed by atoms with Gasteiger partial charge in [0.05, 0.1) is 26.3 Å². The zero-order chi connectivity index (χ0) is 14.5. The van der Waals surface area contributed by atoms with Crippen LogP contribution in [0.15, 0.2) is 24.3 Å². The number of carbonyl (C=O) groups excluding carboxylic acids is 1. The van der Waals surface area contributed by atoms with Gasteiger partial charge in [-0.25, -0.2) is 0 Å². The van der Waals surface area contributed by atoms with E-state index in [9.17, 15) is 4.79 Å². The van der Waals surface area contributed by atoms with Crippen molar-refractivity contribution in [1.82, 2.24) is 10.2 Å². The van der Waals surface area contributed by atoms with E-state index in [0.29, 0.717) is 32.9 Å². The van der Waals surface area contributed by atoms with Gasteiger partial charge in [-0.1, -0.05) is 12.1 Å². The number of hydrogen-bond acceptors (Lipinski definition) is 5. The van der Waals surface area contributed by atoms with E-state index in [-0.39, 0.29) is 12.0 Å². The summed E-state index contributed by atoms with van der Waals surface area (Å²) in [6.07, 6.45) is -0.145. The maximum atomic E-state index is 11.9. The minimum Gasteiger partial charge on any atom is -0.486 e. The molecule has 1 fully saturated rings. The normalized spacial score (nSPS) is 21.8. The third-order valence-corrected chi connectivity index (χ3v) is 3.57. The second-order valence-corrected chi connectivity index (χ2v) is 5.19. The molecule has 0 aromatic heterocycles. The van der Waals surface area contributed by atoms with E-state index >= 15 is 0 Å². The average Bonchev–Trinajstić information content (AvgIpc) is 2.54. The highest BCUT2D eigenvalue weighted by molar-refractivity contribution is 5.78. The van der Waals surface area contributed by atoms with Gasteiger partial charge in [0.25, 0.3) is 0 Å². The van der Waals surface area contributed by atoms with Crippen molar-refractivity contribution in [3.8, 4) is 11.5 Å². The lowest BCUT2D eigenvalue weighted by Crippen LogP contribution is -2.46. The molecule has 0 spiro atoms. The Kier molecular flexibility index (Phi) is 4.57. The van der Waals surface area contributed by atoms with Crippen LogP contribution >= 0.6 is 0 Å². The van der Waals surface area contributed by atoms with E-state index in [1.54, 1.807) is 0 Å². The molecule has 1 amide bonds. The van der Waals surface area contributed by atoms with Crippen LogP contribution in [0.5, 0.6) is 11.5 Å². The number of amides is 1. The number of nitrogens with zero attached hydrogens (tertiary/aromatic N) is 1. The standard InChI is InChI=1S/C15H20N2O4/c18-15(10-17-5-7-19-8-6-17)16-9-12-11-20-13-3-1-2-4-14(13)21-12/h1-4,12H,5-11H2,(H,16,18)/t12-/m1/s1. The smallest absolute Gasteiger partial charge is 0.234 e. The van der Waals surface area contributed by atoms with Crippen molar-refractivity contribution in [2.24, 2.45) is 0 Å². The summed E-state index contributed by atoms with van der Waals surface area (Å²) in [6.45, 7) is 4.33. The minimum atomic E-state index is -0.145. The summed E-state index contributed by atoms with van der Waals surface area (Å²) >= 11 is 0. The number of rotatable bonds is 4. The molecule has 3 rings (SSSR count). The molecule has 1 atom stereocenters. The van der Waals surface area contributed by atoms with Crippen molar-refractivity contribution in [1.29, 1.82) is 0 Å². The molecule has 1 saturated heterocycles. The second kappa shape index (κ2) is 6.78. The lowest BCUT2D eigenvalue weighted by Gasteiger charge is -2.28. The molecule has 2 aliphatic heterocycles. The van der Waals surface area contributed by atoms with Gasteiger partial charge in [0.2, 0.25) is 5.91 Å². The predicted molar refractivity (Wildman–Crippen MR) is 76.6 cm³/mol. The maximum Gasteiger partial charge on any atom is 0.234 e. The van der Waals surface area contributed by atoms with Gasteiger partial charge in [-0.05, 0) is 12.1 Å². The van der Waals surface area contributed by atoms with Gasteiger partial charge < -0.3 is 19.5 Å². The first-order chi connectivity index (χ1) is 10.3. The molecule has 1 aromatic rings. The fourth-order valence-corrected chi connectivity index (χ4v) is 2.41. The van der Waals surface area contributed by atoms with E-state index in [1.807, 2.05) is 24.3 Å². The zero-order valence-electron chi connectivity index (χ0n) is 11.9. The van der Waals surface area contributed by atoms with Crippen LogP contribution in [-0.2, 0) is 9.53 Å². The van der Waals surface area contributed by atoms with E-state index in [4.69, 9.17) is 14.2 Å². The van der Waals surface area contributed by atoms with E-state index in [2.05, 4.69) is 10.2 Å². The summed E-state index contributed by atoms with van der Waals surface area (Å²) < 4.78 is 16.7. The summed E-state index contributed by atoms with van der Waals surface area (Å²) in [5, 5.41) is 2.90.